The first kappa shape index (κ1) is 23.9. The predicted octanol–water partition coefficient (Wildman–Crippen LogP) is 4.21. The van der Waals surface area contributed by atoms with E-state index >= 15 is 0 Å². The maximum atomic E-state index is 12.8. The molecule has 6 nitrogen and oxygen atoms in total. The smallest absolute Gasteiger partial charge is 0.274 e. The molecule has 0 spiro atoms. The van der Waals surface area contributed by atoms with Gasteiger partial charge in [-0.3, -0.25) is 4.79 Å². The molecule has 1 N–H and O–H groups in total. The Bertz CT molecular complexity index is 963. The van der Waals surface area contributed by atoms with E-state index in [4.69, 9.17) is 4.74 Å². The lowest BCUT2D eigenvalue weighted by molar-refractivity contribution is 0.00277. The number of aryl methyl sites for hydroxylation is 1. The summed E-state index contributed by atoms with van der Waals surface area (Å²) in [4.78, 5) is 19.4. The van der Waals surface area contributed by atoms with Crippen LogP contribution in [0.4, 0.5) is 5.69 Å². The summed E-state index contributed by atoms with van der Waals surface area (Å²) in [6, 6.07) is 5.00. The van der Waals surface area contributed by atoms with Crippen molar-refractivity contribution >= 4 is 36.4 Å². The molecule has 1 aromatic carbocycles. The van der Waals surface area contributed by atoms with E-state index in [1.54, 1.807) is 24.2 Å². The van der Waals surface area contributed by atoms with Crippen molar-refractivity contribution in [1.82, 2.24) is 14.5 Å². The number of hydrogen-bond acceptors (Lipinski definition) is 4. The number of nitrogens with one attached hydrogen (secondary N) is 1. The summed E-state index contributed by atoms with van der Waals surface area (Å²) in [6.45, 7) is 1.17. The van der Waals surface area contributed by atoms with Crippen molar-refractivity contribution in [2.75, 3.05) is 26.0 Å². The Morgan fingerprint density at radius 1 is 1.23 bits per heavy atom. The number of carbonyl (C=O) groups excluding carboxylic acids is 1. The number of nitrogens with zero attached hydrogens (tertiary/aromatic N) is 3. The van der Waals surface area contributed by atoms with Crippen LogP contribution in [0.25, 0.3) is 0 Å². The molecule has 3 atom stereocenters. The molecular weight excluding hydrogens is 435 g/mol. The highest BCUT2D eigenvalue weighted by Gasteiger charge is 2.53. The Balaban J connectivity index is 0.00000136. The van der Waals surface area contributed by atoms with Gasteiger partial charge in [-0.1, -0.05) is 12.8 Å². The number of rotatable bonds is 3. The second-order valence-corrected chi connectivity index (χ2v) is 9.06. The lowest BCUT2D eigenvalue weighted by Crippen LogP contribution is -2.59. The minimum atomic E-state index is -0.162. The first-order valence-corrected chi connectivity index (χ1v) is 10.7. The van der Waals surface area contributed by atoms with Gasteiger partial charge in [0.05, 0.1) is 25.3 Å². The number of ether oxygens (including phenoxy) is 1. The number of likely N-dealkylation sites (N-methyl/N-ethyl adjacent to an activating group) is 1. The Labute approximate surface area is 196 Å². The average Bonchev–Trinajstić information content (AvgIpc) is 3.16. The van der Waals surface area contributed by atoms with Crippen LogP contribution in [-0.4, -0.2) is 47.1 Å². The quantitative estimate of drug-likeness (QED) is 0.735. The topological polar surface area (TPSA) is 59.4 Å². The molecule has 3 aliphatic rings. The molecule has 2 fully saturated rings. The summed E-state index contributed by atoms with van der Waals surface area (Å²) < 4.78 is 7.47. The van der Waals surface area contributed by atoms with E-state index in [0.717, 1.165) is 23.8 Å². The molecule has 2 heterocycles. The maximum absolute atomic E-state index is 12.8. The SMILES string of the molecule is COc1cc2c(cc1NC(=O)c1cncn1C)C[C@H]1C3CCCC[C@@]23CCN1C.Cl.Cl. The third-order valence-corrected chi connectivity index (χ3v) is 7.73. The summed E-state index contributed by atoms with van der Waals surface area (Å²) in [5, 5.41) is 3.06. The van der Waals surface area contributed by atoms with Crippen LogP contribution in [0.1, 0.15) is 53.7 Å². The molecule has 2 bridgehead atoms. The molecule has 1 aliphatic heterocycles. The van der Waals surface area contributed by atoms with Crippen molar-refractivity contribution < 1.29 is 9.53 Å². The Hall–Kier alpha value is -1.76. The zero-order valence-corrected chi connectivity index (χ0v) is 20.0. The van der Waals surface area contributed by atoms with Crippen LogP contribution in [-0.2, 0) is 18.9 Å². The first-order valence-electron chi connectivity index (χ1n) is 10.7. The van der Waals surface area contributed by atoms with Crippen molar-refractivity contribution in [1.29, 1.82) is 0 Å². The summed E-state index contributed by atoms with van der Waals surface area (Å²) in [5.74, 6) is 1.34. The molecule has 0 radical (unpaired) electrons. The summed E-state index contributed by atoms with van der Waals surface area (Å²) >= 11 is 0. The van der Waals surface area contributed by atoms with Gasteiger partial charge >= 0.3 is 0 Å². The number of benzene rings is 1. The zero-order valence-electron chi connectivity index (χ0n) is 18.4. The summed E-state index contributed by atoms with van der Waals surface area (Å²) in [5.41, 5.74) is 4.42. The third-order valence-electron chi connectivity index (χ3n) is 7.73. The Morgan fingerprint density at radius 3 is 2.74 bits per heavy atom. The van der Waals surface area contributed by atoms with Crippen molar-refractivity contribution in [3.05, 3.63) is 41.5 Å². The van der Waals surface area contributed by atoms with Gasteiger partial charge in [-0.15, -0.1) is 24.8 Å². The number of carbonyl (C=O) groups is 1. The number of hydrogen-bond donors (Lipinski definition) is 1. The van der Waals surface area contributed by atoms with Gasteiger partial charge < -0.3 is 19.5 Å². The fourth-order valence-corrected chi connectivity index (χ4v) is 6.26. The first-order chi connectivity index (χ1) is 14.0. The Morgan fingerprint density at radius 2 is 2.03 bits per heavy atom. The molecule has 2 aromatic rings. The van der Waals surface area contributed by atoms with E-state index in [-0.39, 0.29) is 36.1 Å². The van der Waals surface area contributed by atoms with Crippen molar-refractivity contribution in [3.8, 4) is 5.75 Å². The van der Waals surface area contributed by atoms with Crippen LogP contribution < -0.4 is 10.1 Å². The highest BCUT2D eigenvalue weighted by atomic mass is 35.5. The fraction of sp³-hybridized carbons (Fsp3) is 0.565. The fourth-order valence-electron chi connectivity index (χ4n) is 6.26. The summed E-state index contributed by atoms with van der Waals surface area (Å²) in [6.07, 6.45) is 10.8. The van der Waals surface area contributed by atoms with E-state index in [9.17, 15) is 4.79 Å². The van der Waals surface area contributed by atoms with E-state index in [1.165, 1.54) is 49.8 Å². The second kappa shape index (κ2) is 9.00. The van der Waals surface area contributed by atoms with Gasteiger partial charge in [-0.05, 0) is 68.5 Å². The minimum absolute atomic E-state index is 0. The lowest BCUT2D eigenvalue weighted by Gasteiger charge is -2.58. The van der Waals surface area contributed by atoms with E-state index in [0.29, 0.717) is 11.7 Å². The van der Waals surface area contributed by atoms with Gasteiger partial charge in [-0.25, -0.2) is 4.98 Å². The van der Waals surface area contributed by atoms with Crippen LogP contribution in [0.3, 0.4) is 0 Å². The summed E-state index contributed by atoms with van der Waals surface area (Å²) in [7, 11) is 5.80. The van der Waals surface area contributed by atoms with Crippen LogP contribution in [0, 0.1) is 5.92 Å². The van der Waals surface area contributed by atoms with Gasteiger partial charge in [0, 0.05) is 18.5 Å². The highest BCUT2D eigenvalue weighted by molar-refractivity contribution is 6.03. The van der Waals surface area contributed by atoms with Gasteiger partial charge in [0.25, 0.3) is 5.91 Å². The number of piperidine rings is 1. The number of anilines is 1. The third kappa shape index (κ3) is 3.73. The number of imidazole rings is 1. The number of aromatic nitrogens is 2. The second-order valence-electron chi connectivity index (χ2n) is 9.06. The molecule has 5 rings (SSSR count). The molecule has 31 heavy (non-hydrogen) atoms. The van der Waals surface area contributed by atoms with Crippen molar-refractivity contribution in [3.63, 3.8) is 0 Å². The van der Waals surface area contributed by atoms with Gasteiger partial charge in [0.15, 0.2) is 0 Å². The maximum Gasteiger partial charge on any atom is 0.274 e. The van der Waals surface area contributed by atoms with Gasteiger partial charge in [0.1, 0.15) is 11.4 Å². The largest absolute Gasteiger partial charge is 0.495 e. The molecular formula is C23H32Cl2N4O2. The molecule has 1 unspecified atom stereocenters. The molecule has 170 valence electrons. The molecule has 8 heteroatoms. The molecule has 2 aliphatic carbocycles. The standard InChI is InChI=1S/C23H30N4O2.2ClH/c1-26-9-8-23-7-5-4-6-16(23)19(26)11-15-10-18(21(29-3)12-17(15)23)25-22(28)20-13-24-14-27(20)2;;/h10,12-14,16,19H,4-9,11H2,1-3H3,(H,25,28);2*1H/t16?,19-,23-;;/m0../s1. The normalized spacial score (nSPS) is 26.5. The van der Waals surface area contributed by atoms with Crippen LogP contribution >= 0.6 is 24.8 Å². The molecule has 1 saturated carbocycles. The monoisotopic (exact) mass is 466 g/mol. The zero-order chi connectivity index (χ0) is 20.2. The lowest BCUT2D eigenvalue weighted by atomic mass is 9.52. The van der Waals surface area contributed by atoms with Gasteiger partial charge in [-0.2, -0.15) is 0 Å². The molecule has 1 amide bonds. The molecule has 1 saturated heterocycles. The highest BCUT2D eigenvalue weighted by Crippen LogP contribution is 2.56. The number of methoxy groups -OCH3 is 1. The Kier molecular flexibility index (Phi) is 6.94. The van der Waals surface area contributed by atoms with Crippen LogP contribution in [0.2, 0.25) is 0 Å². The van der Waals surface area contributed by atoms with E-state index < -0.39 is 0 Å². The number of halogens is 2. The number of fused-ring (bicyclic) bond motifs is 1. The predicted molar refractivity (Wildman–Crippen MR) is 127 cm³/mol. The van der Waals surface area contributed by atoms with E-state index in [1.807, 2.05) is 7.05 Å². The van der Waals surface area contributed by atoms with E-state index in [2.05, 4.69) is 34.4 Å². The number of amides is 1. The van der Waals surface area contributed by atoms with Crippen LogP contribution in [0.5, 0.6) is 5.75 Å². The van der Waals surface area contributed by atoms with Gasteiger partial charge in [0.2, 0.25) is 0 Å². The molecule has 1 aromatic heterocycles. The minimum Gasteiger partial charge on any atom is -0.495 e. The van der Waals surface area contributed by atoms with Crippen molar-refractivity contribution in [2.45, 2.75) is 50.0 Å². The average molecular weight is 467 g/mol. The number of likely N-dealkylation sites (tertiary alicyclic amines) is 1. The van der Waals surface area contributed by atoms with Crippen molar-refractivity contribution in [2.24, 2.45) is 13.0 Å². The van der Waals surface area contributed by atoms with Crippen LogP contribution in [0.15, 0.2) is 24.7 Å².